The summed E-state index contributed by atoms with van der Waals surface area (Å²) in [7, 11) is 0. The fourth-order valence-electron chi connectivity index (χ4n) is 1.26. The highest BCUT2D eigenvalue weighted by Crippen LogP contribution is 2.27. The van der Waals surface area contributed by atoms with E-state index in [-0.39, 0.29) is 6.17 Å². The van der Waals surface area contributed by atoms with Crippen molar-refractivity contribution in [1.82, 2.24) is 10.9 Å². The molecule has 1 atom stereocenters. The second-order valence-electron chi connectivity index (χ2n) is 2.98. The van der Waals surface area contributed by atoms with E-state index in [4.69, 9.17) is 23.2 Å². The van der Waals surface area contributed by atoms with Crippen molar-refractivity contribution in [3.05, 3.63) is 33.8 Å². The molecule has 1 aromatic carbocycles. The number of hydrogen-bond donors (Lipinski definition) is 2. The van der Waals surface area contributed by atoms with Crippen LogP contribution >= 0.6 is 35.0 Å². The van der Waals surface area contributed by atoms with Gasteiger partial charge in [0.2, 0.25) is 0 Å². The summed E-state index contributed by atoms with van der Waals surface area (Å²) in [5.74, 6) is 0. The number of benzene rings is 1. The van der Waals surface area contributed by atoms with Gasteiger partial charge in [-0.25, -0.2) is 10.4 Å². The van der Waals surface area contributed by atoms with Gasteiger partial charge in [-0.3, -0.25) is 5.43 Å². The highest BCUT2D eigenvalue weighted by molar-refractivity contribution is 8.13. The quantitative estimate of drug-likeness (QED) is 0.817. The van der Waals surface area contributed by atoms with Crippen LogP contribution < -0.4 is 10.9 Å². The van der Waals surface area contributed by atoms with Gasteiger partial charge in [-0.2, -0.15) is 0 Å². The Balaban J connectivity index is 2.24. The molecule has 6 heteroatoms. The van der Waals surface area contributed by atoms with Crippen LogP contribution in [-0.2, 0) is 0 Å². The molecule has 0 saturated carbocycles. The molecule has 1 unspecified atom stereocenters. The van der Waals surface area contributed by atoms with Gasteiger partial charge in [-0.05, 0) is 24.0 Å². The summed E-state index contributed by atoms with van der Waals surface area (Å²) >= 11 is 13.3. The Morgan fingerprint density at radius 2 is 2.13 bits per heavy atom. The zero-order valence-corrected chi connectivity index (χ0v) is 10.2. The molecule has 2 N–H and O–H groups in total. The molecular weight excluding hydrogens is 253 g/mol. The minimum absolute atomic E-state index is 0.0952. The largest absolute Gasteiger partial charge is 0.298 e. The zero-order valence-electron chi connectivity index (χ0n) is 7.92. The minimum atomic E-state index is -0.0952. The van der Waals surface area contributed by atoms with E-state index in [1.807, 2.05) is 18.4 Å². The van der Waals surface area contributed by atoms with Gasteiger partial charge in [-0.1, -0.05) is 41.0 Å². The van der Waals surface area contributed by atoms with Gasteiger partial charge < -0.3 is 0 Å². The van der Waals surface area contributed by atoms with Crippen LogP contribution in [0.3, 0.4) is 0 Å². The second-order valence-corrected chi connectivity index (χ2v) is 4.59. The molecule has 0 radical (unpaired) electrons. The van der Waals surface area contributed by atoms with Crippen LogP contribution in [0, 0.1) is 0 Å². The highest BCUT2D eigenvalue weighted by atomic mass is 35.5. The van der Waals surface area contributed by atoms with E-state index in [0.717, 1.165) is 10.7 Å². The van der Waals surface area contributed by atoms with E-state index in [1.165, 1.54) is 0 Å². The van der Waals surface area contributed by atoms with Gasteiger partial charge in [0, 0.05) is 0 Å². The van der Waals surface area contributed by atoms with E-state index in [9.17, 15) is 0 Å². The van der Waals surface area contributed by atoms with Gasteiger partial charge in [0.15, 0.2) is 5.17 Å². The molecule has 0 amide bonds. The summed E-state index contributed by atoms with van der Waals surface area (Å²) in [5, 5.41) is 1.97. The molecule has 0 spiro atoms. The smallest absolute Gasteiger partial charge is 0.172 e. The van der Waals surface area contributed by atoms with E-state index in [1.54, 1.807) is 17.8 Å². The predicted molar refractivity (Wildman–Crippen MR) is 66.4 cm³/mol. The van der Waals surface area contributed by atoms with Crippen molar-refractivity contribution in [1.29, 1.82) is 0 Å². The van der Waals surface area contributed by atoms with E-state index in [2.05, 4.69) is 15.8 Å². The summed E-state index contributed by atoms with van der Waals surface area (Å²) in [6.07, 6.45) is 1.87. The Bertz CT molecular complexity index is 408. The number of halogens is 2. The van der Waals surface area contributed by atoms with E-state index >= 15 is 0 Å². The first-order chi connectivity index (χ1) is 7.20. The molecule has 1 aromatic rings. The first-order valence-electron chi connectivity index (χ1n) is 4.29. The van der Waals surface area contributed by atoms with Crippen molar-refractivity contribution in [2.75, 3.05) is 6.26 Å². The lowest BCUT2D eigenvalue weighted by Gasteiger charge is -2.08. The second kappa shape index (κ2) is 4.61. The molecule has 0 saturated heterocycles. The van der Waals surface area contributed by atoms with Crippen LogP contribution in [0.1, 0.15) is 11.7 Å². The molecule has 1 aliphatic rings. The minimum Gasteiger partial charge on any atom is -0.298 e. The monoisotopic (exact) mass is 261 g/mol. The molecule has 1 aliphatic heterocycles. The number of aliphatic imine (C=N–C) groups is 1. The fourth-order valence-corrected chi connectivity index (χ4v) is 1.93. The number of nitrogens with one attached hydrogen (secondary N) is 2. The molecule has 0 aliphatic carbocycles. The molecule has 80 valence electrons. The molecular formula is C9H9Cl2N3S. The first-order valence-corrected chi connectivity index (χ1v) is 6.27. The average Bonchev–Trinajstić information content (AvgIpc) is 2.70. The van der Waals surface area contributed by atoms with Crippen LogP contribution in [0.15, 0.2) is 23.2 Å². The third-order valence-electron chi connectivity index (χ3n) is 2.01. The van der Waals surface area contributed by atoms with Gasteiger partial charge in [0.1, 0.15) is 6.17 Å². The Morgan fingerprint density at radius 3 is 2.73 bits per heavy atom. The third-order valence-corrected chi connectivity index (χ3v) is 3.35. The summed E-state index contributed by atoms with van der Waals surface area (Å²) in [5.41, 5.74) is 7.01. The van der Waals surface area contributed by atoms with Crippen molar-refractivity contribution >= 4 is 40.1 Å². The van der Waals surface area contributed by atoms with Crippen LogP contribution in [0.2, 0.25) is 10.0 Å². The molecule has 2 rings (SSSR count). The lowest BCUT2D eigenvalue weighted by molar-refractivity contribution is 0.575. The lowest BCUT2D eigenvalue weighted by atomic mass is 10.2. The lowest BCUT2D eigenvalue weighted by Crippen LogP contribution is -2.29. The Hall–Kier alpha value is -0.420. The Labute approximate surface area is 102 Å². The maximum absolute atomic E-state index is 5.93. The first kappa shape index (κ1) is 11.1. The summed E-state index contributed by atoms with van der Waals surface area (Å²) in [4.78, 5) is 4.40. The number of amidine groups is 1. The maximum Gasteiger partial charge on any atom is 0.172 e. The van der Waals surface area contributed by atoms with Gasteiger partial charge in [0.25, 0.3) is 0 Å². The van der Waals surface area contributed by atoms with E-state index < -0.39 is 0 Å². The SMILES string of the molecule is CSC1=NC(c2ccc(Cl)c(Cl)c2)NN1. The molecule has 15 heavy (non-hydrogen) atoms. The third kappa shape index (κ3) is 2.39. The normalized spacial score (nSPS) is 19.9. The van der Waals surface area contributed by atoms with Crippen LogP contribution in [-0.4, -0.2) is 11.4 Å². The summed E-state index contributed by atoms with van der Waals surface area (Å²) in [6.45, 7) is 0. The van der Waals surface area contributed by atoms with Crippen LogP contribution in [0.25, 0.3) is 0 Å². The zero-order chi connectivity index (χ0) is 10.8. The number of rotatable bonds is 1. The standard InChI is InChI=1S/C9H9Cl2N3S/c1-15-9-12-8(13-14-9)5-2-3-6(10)7(11)4-5/h2-4,8,13H,1H3,(H,12,14). The van der Waals surface area contributed by atoms with Crippen molar-refractivity contribution in [2.45, 2.75) is 6.17 Å². The van der Waals surface area contributed by atoms with Gasteiger partial charge in [-0.15, -0.1) is 0 Å². The number of hydrazine groups is 1. The highest BCUT2D eigenvalue weighted by Gasteiger charge is 2.17. The van der Waals surface area contributed by atoms with Crippen molar-refractivity contribution in [2.24, 2.45) is 4.99 Å². The molecule has 0 bridgehead atoms. The average molecular weight is 262 g/mol. The molecule has 3 nitrogen and oxygen atoms in total. The van der Waals surface area contributed by atoms with Crippen molar-refractivity contribution in [3.63, 3.8) is 0 Å². The molecule has 1 heterocycles. The van der Waals surface area contributed by atoms with Crippen LogP contribution in [0.4, 0.5) is 0 Å². The Morgan fingerprint density at radius 1 is 1.33 bits per heavy atom. The van der Waals surface area contributed by atoms with Crippen molar-refractivity contribution < 1.29 is 0 Å². The summed E-state index contributed by atoms with van der Waals surface area (Å²) < 4.78 is 0. The predicted octanol–water partition coefficient (Wildman–Crippen LogP) is 2.82. The van der Waals surface area contributed by atoms with Gasteiger partial charge in [0.05, 0.1) is 10.0 Å². The number of nitrogens with zero attached hydrogens (tertiary/aromatic N) is 1. The van der Waals surface area contributed by atoms with Crippen molar-refractivity contribution in [3.8, 4) is 0 Å². The van der Waals surface area contributed by atoms with Gasteiger partial charge >= 0.3 is 0 Å². The number of thioether (sulfide) groups is 1. The topological polar surface area (TPSA) is 36.4 Å². The Kier molecular flexibility index (Phi) is 3.41. The molecule has 0 aromatic heterocycles. The fraction of sp³-hybridized carbons (Fsp3) is 0.222. The summed E-state index contributed by atoms with van der Waals surface area (Å²) in [6, 6.07) is 5.49. The van der Waals surface area contributed by atoms with Crippen LogP contribution in [0.5, 0.6) is 0 Å². The maximum atomic E-state index is 5.93. The number of hydrogen-bond acceptors (Lipinski definition) is 4. The van der Waals surface area contributed by atoms with E-state index in [0.29, 0.717) is 10.0 Å². The molecule has 0 fully saturated rings.